The van der Waals surface area contributed by atoms with Gasteiger partial charge in [0.25, 0.3) is 5.91 Å². The lowest BCUT2D eigenvalue weighted by atomic mass is 10.1. The molecule has 0 aliphatic heterocycles. The average Bonchev–Trinajstić information content (AvgIpc) is 3.10. The Bertz CT molecular complexity index is 784. The maximum atomic E-state index is 12.3. The molecule has 1 heterocycles. The molecule has 1 N–H and O–H groups in total. The third kappa shape index (κ3) is 3.65. The summed E-state index contributed by atoms with van der Waals surface area (Å²) in [6.45, 7) is 1.95. The number of aromatic nitrogens is 2. The summed E-state index contributed by atoms with van der Waals surface area (Å²) in [5, 5.41) is 10.5. The highest BCUT2D eigenvalue weighted by Gasteiger charge is 2.12. The van der Waals surface area contributed by atoms with Crippen LogP contribution in [0.15, 0.2) is 63.8 Å². The molecule has 6 heteroatoms. The van der Waals surface area contributed by atoms with Gasteiger partial charge in [-0.2, -0.15) is 0 Å². The Morgan fingerprint density at radius 2 is 1.83 bits per heavy atom. The number of hydrogen-bond acceptors (Lipinski definition) is 4. The number of hydrogen-bond donors (Lipinski definition) is 1. The van der Waals surface area contributed by atoms with Crippen LogP contribution in [0.2, 0.25) is 0 Å². The van der Waals surface area contributed by atoms with Crippen LogP contribution in [-0.4, -0.2) is 16.1 Å². The van der Waals surface area contributed by atoms with Crippen molar-refractivity contribution in [2.24, 2.45) is 0 Å². The number of amides is 1. The first-order valence-corrected chi connectivity index (χ1v) is 7.86. The molecule has 3 aromatic rings. The maximum absolute atomic E-state index is 12.3. The normalized spacial score (nSPS) is 11.9. The van der Waals surface area contributed by atoms with Crippen LogP contribution < -0.4 is 5.32 Å². The van der Waals surface area contributed by atoms with Gasteiger partial charge in [-0.25, -0.2) is 0 Å². The molecule has 5 nitrogen and oxygen atoms in total. The van der Waals surface area contributed by atoms with Gasteiger partial charge in [0.2, 0.25) is 12.3 Å². The summed E-state index contributed by atoms with van der Waals surface area (Å²) in [6.07, 6.45) is 1.27. The number of benzene rings is 2. The molecular weight excluding hydrogens is 358 g/mol. The van der Waals surface area contributed by atoms with Crippen molar-refractivity contribution >= 4 is 21.8 Å². The zero-order valence-electron chi connectivity index (χ0n) is 12.4. The number of nitrogens with one attached hydrogen (secondary N) is 1. The molecule has 0 saturated heterocycles. The van der Waals surface area contributed by atoms with E-state index in [-0.39, 0.29) is 11.9 Å². The van der Waals surface area contributed by atoms with Crippen LogP contribution in [0, 0.1) is 0 Å². The summed E-state index contributed by atoms with van der Waals surface area (Å²) in [5.74, 6) is 0.303. The number of nitrogens with zero attached hydrogens (tertiary/aromatic N) is 2. The molecule has 1 atom stereocenters. The van der Waals surface area contributed by atoms with Gasteiger partial charge in [-0.15, -0.1) is 10.2 Å². The monoisotopic (exact) mass is 371 g/mol. The summed E-state index contributed by atoms with van der Waals surface area (Å²) >= 11 is 3.40. The van der Waals surface area contributed by atoms with Crippen molar-refractivity contribution in [1.82, 2.24) is 15.5 Å². The second kappa shape index (κ2) is 6.75. The smallest absolute Gasteiger partial charge is 0.251 e. The van der Waals surface area contributed by atoms with E-state index in [1.165, 1.54) is 6.39 Å². The minimum atomic E-state index is -0.127. The van der Waals surface area contributed by atoms with E-state index in [4.69, 9.17) is 4.42 Å². The average molecular weight is 372 g/mol. The molecule has 2 aromatic carbocycles. The third-order valence-corrected chi connectivity index (χ3v) is 4.00. The van der Waals surface area contributed by atoms with Gasteiger partial charge in [-0.1, -0.05) is 28.1 Å². The number of rotatable bonds is 4. The largest absolute Gasteiger partial charge is 0.423 e. The standard InChI is InChI=1S/C17H14BrN3O2/c1-11(12-6-8-15(18)9-7-12)20-16(22)13-2-4-14(5-3-13)17-21-19-10-23-17/h2-11H,1H3,(H,20,22)/t11-/m1/s1. The van der Waals surface area contributed by atoms with Gasteiger partial charge in [0.1, 0.15) is 0 Å². The molecule has 1 amide bonds. The van der Waals surface area contributed by atoms with E-state index >= 15 is 0 Å². The van der Waals surface area contributed by atoms with Crippen LogP contribution in [0.4, 0.5) is 0 Å². The molecule has 0 spiro atoms. The number of carbonyl (C=O) groups excluding carboxylic acids is 1. The minimum Gasteiger partial charge on any atom is -0.423 e. The number of halogens is 1. The van der Waals surface area contributed by atoms with Gasteiger partial charge >= 0.3 is 0 Å². The highest BCUT2D eigenvalue weighted by atomic mass is 79.9. The topological polar surface area (TPSA) is 68.0 Å². The van der Waals surface area contributed by atoms with Crippen molar-refractivity contribution in [2.45, 2.75) is 13.0 Å². The summed E-state index contributed by atoms with van der Waals surface area (Å²) in [4.78, 5) is 12.3. The Morgan fingerprint density at radius 1 is 1.13 bits per heavy atom. The quantitative estimate of drug-likeness (QED) is 0.752. The SMILES string of the molecule is C[C@@H](NC(=O)c1ccc(-c2nnco2)cc1)c1ccc(Br)cc1. The highest BCUT2D eigenvalue weighted by Crippen LogP contribution is 2.19. The number of carbonyl (C=O) groups is 1. The zero-order chi connectivity index (χ0) is 16.2. The Labute approximate surface area is 141 Å². The Morgan fingerprint density at radius 3 is 2.43 bits per heavy atom. The fourth-order valence-electron chi connectivity index (χ4n) is 2.18. The van der Waals surface area contributed by atoms with Gasteiger partial charge in [0.05, 0.1) is 6.04 Å². The van der Waals surface area contributed by atoms with Crippen LogP contribution in [0.1, 0.15) is 28.9 Å². The Kier molecular flexibility index (Phi) is 4.52. The lowest BCUT2D eigenvalue weighted by molar-refractivity contribution is 0.0940. The molecule has 0 aliphatic rings. The Balaban J connectivity index is 1.69. The first-order valence-electron chi connectivity index (χ1n) is 7.06. The predicted octanol–water partition coefficient (Wildman–Crippen LogP) is 3.99. The Hall–Kier alpha value is -2.47. The minimum absolute atomic E-state index is 0.0776. The molecular formula is C17H14BrN3O2. The second-order valence-corrected chi connectivity index (χ2v) is 5.98. The van der Waals surface area contributed by atoms with Crippen molar-refractivity contribution in [1.29, 1.82) is 0 Å². The fraction of sp³-hybridized carbons (Fsp3) is 0.118. The maximum Gasteiger partial charge on any atom is 0.251 e. The van der Waals surface area contributed by atoms with Crippen LogP contribution in [0.5, 0.6) is 0 Å². The van der Waals surface area contributed by atoms with Gasteiger partial charge in [-0.05, 0) is 48.9 Å². The van der Waals surface area contributed by atoms with Crippen molar-refractivity contribution in [3.05, 3.63) is 70.5 Å². The molecule has 0 saturated carbocycles. The molecule has 3 rings (SSSR count). The van der Waals surface area contributed by atoms with Crippen molar-refractivity contribution in [3.63, 3.8) is 0 Å². The van der Waals surface area contributed by atoms with Gasteiger partial charge in [0, 0.05) is 15.6 Å². The van der Waals surface area contributed by atoms with E-state index in [1.807, 2.05) is 31.2 Å². The van der Waals surface area contributed by atoms with Crippen LogP contribution in [0.3, 0.4) is 0 Å². The summed E-state index contributed by atoms with van der Waals surface area (Å²) in [5.41, 5.74) is 2.40. The van der Waals surface area contributed by atoms with E-state index in [2.05, 4.69) is 31.4 Å². The zero-order valence-corrected chi connectivity index (χ0v) is 13.9. The van der Waals surface area contributed by atoms with Crippen molar-refractivity contribution in [3.8, 4) is 11.5 Å². The summed E-state index contributed by atoms with van der Waals surface area (Å²) in [6, 6.07) is 14.8. The first kappa shape index (κ1) is 15.4. The van der Waals surface area contributed by atoms with E-state index in [9.17, 15) is 4.79 Å². The van der Waals surface area contributed by atoms with Gasteiger partial charge < -0.3 is 9.73 Å². The van der Waals surface area contributed by atoms with Gasteiger partial charge in [0.15, 0.2) is 0 Å². The highest BCUT2D eigenvalue weighted by molar-refractivity contribution is 9.10. The van der Waals surface area contributed by atoms with Crippen LogP contribution in [-0.2, 0) is 0 Å². The molecule has 0 radical (unpaired) electrons. The first-order chi connectivity index (χ1) is 11.1. The predicted molar refractivity (Wildman–Crippen MR) is 89.8 cm³/mol. The molecule has 0 aliphatic carbocycles. The molecule has 23 heavy (non-hydrogen) atoms. The molecule has 0 fully saturated rings. The third-order valence-electron chi connectivity index (χ3n) is 3.47. The van der Waals surface area contributed by atoms with E-state index < -0.39 is 0 Å². The van der Waals surface area contributed by atoms with E-state index in [0.717, 1.165) is 15.6 Å². The molecule has 1 aromatic heterocycles. The van der Waals surface area contributed by atoms with Crippen molar-refractivity contribution in [2.75, 3.05) is 0 Å². The summed E-state index contributed by atoms with van der Waals surface area (Å²) < 4.78 is 6.14. The van der Waals surface area contributed by atoms with E-state index in [0.29, 0.717) is 11.5 Å². The fourth-order valence-corrected chi connectivity index (χ4v) is 2.44. The van der Waals surface area contributed by atoms with Crippen LogP contribution in [0.25, 0.3) is 11.5 Å². The lowest BCUT2D eigenvalue weighted by Gasteiger charge is -2.14. The van der Waals surface area contributed by atoms with Crippen molar-refractivity contribution < 1.29 is 9.21 Å². The van der Waals surface area contributed by atoms with Crippen LogP contribution >= 0.6 is 15.9 Å². The van der Waals surface area contributed by atoms with Gasteiger partial charge in [-0.3, -0.25) is 4.79 Å². The molecule has 0 unspecified atom stereocenters. The molecule has 116 valence electrons. The molecule has 0 bridgehead atoms. The lowest BCUT2D eigenvalue weighted by Crippen LogP contribution is -2.26. The second-order valence-electron chi connectivity index (χ2n) is 5.07. The van der Waals surface area contributed by atoms with E-state index in [1.54, 1.807) is 24.3 Å². The summed E-state index contributed by atoms with van der Waals surface area (Å²) in [7, 11) is 0.